The van der Waals surface area contributed by atoms with Gasteiger partial charge >= 0.3 is 11.9 Å². The van der Waals surface area contributed by atoms with Gasteiger partial charge in [0.15, 0.2) is 0 Å². The predicted molar refractivity (Wildman–Crippen MR) is 59.3 cm³/mol. The molecule has 6 heteroatoms. The lowest BCUT2D eigenvalue weighted by Crippen LogP contribution is -2.33. The Labute approximate surface area is 100 Å². The molecular formula is C11H20O6. The number of hydrogen-bond acceptors (Lipinski definition) is 5. The van der Waals surface area contributed by atoms with Gasteiger partial charge in [-0.25, -0.2) is 0 Å². The Morgan fingerprint density at radius 1 is 1.12 bits per heavy atom. The summed E-state index contributed by atoms with van der Waals surface area (Å²) in [4.78, 5) is 22.0. The van der Waals surface area contributed by atoms with E-state index in [1.54, 1.807) is 0 Å². The number of aliphatic hydroxyl groups excluding tert-OH is 2. The monoisotopic (exact) mass is 248 g/mol. The van der Waals surface area contributed by atoms with Crippen molar-refractivity contribution in [2.75, 3.05) is 20.3 Å². The molecule has 0 aliphatic heterocycles. The Morgan fingerprint density at radius 2 is 1.59 bits per heavy atom. The van der Waals surface area contributed by atoms with Crippen LogP contribution in [0.2, 0.25) is 0 Å². The Kier molecular flexibility index (Phi) is 8.35. The van der Waals surface area contributed by atoms with E-state index in [2.05, 4.69) is 4.74 Å². The van der Waals surface area contributed by atoms with Crippen LogP contribution in [-0.4, -0.2) is 47.6 Å². The molecule has 0 radical (unpaired) electrons. The van der Waals surface area contributed by atoms with Crippen molar-refractivity contribution in [1.82, 2.24) is 0 Å². The van der Waals surface area contributed by atoms with E-state index in [1.807, 2.05) is 0 Å². The third kappa shape index (κ3) is 5.65. The molecule has 17 heavy (non-hydrogen) atoms. The van der Waals surface area contributed by atoms with Crippen molar-refractivity contribution >= 4 is 11.9 Å². The highest BCUT2D eigenvalue weighted by atomic mass is 16.5. The Bertz CT molecular complexity index is 238. The van der Waals surface area contributed by atoms with Crippen LogP contribution in [0.4, 0.5) is 0 Å². The summed E-state index contributed by atoms with van der Waals surface area (Å²) >= 11 is 0. The van der Waals surface area contributed by atoms with Crippen molar-refractivity contribution in [3.63, 3.8) is 0 Å². The highest BCUT2D eigenvalue weighted by molar-refractivity contribution is 5.81. The molecule has 1 fully saturated rings. The van der Waals surface area contributed by atoms with Gasteiger partial charge < -0.3 is 20.1 Å². The van der Waals surface area contributed by atoms with Gasteiger partial charge in [0.1, 0.15) is 0 Å². The van der Waals surface area contributed by atoms with E-state index in [-0.39, 0.29) is 19.2 Å². The lowest BCUT2D eigenvalue weighted by molar-refractivity contribution is -0.157. The number of carboxylic acid groups (broad SMARTS) is 1. The van der Waals surface area contributed by atoms with Gasteiger partial charge in [0.05, 0.1) is 32.2 Å². The predicted octanol–water partition coefficient (Wildman–Crippen LogP) is 0.0214. The van der Waals surface area contributed by atoms with Crippen LogP contribution in [-0.2, 0) is 14.3 Å². The van der Waals surface area contributed by atoms with Gasteiger partial charge in [0.2, 0.25) is 0 Å². The van der Waals surface area contributed by atoms with Gasteiger partial charge in [0, 0.05) is 0 Å². The lowest BCUT2D eigenvalue weighted by atomic mass is 9.79. The van der Waals surface area contributed by atoms with Crippen LogP contribution in [0.3, 0.4) is 0 Å². The molecule has 0 saturated heterocycles. The largest absolute Gasteiger partial charge is 0.481 e. The first-order valence-corrected chi connectivity index (χ1v) is 5.60. The van der Waals surface area contributed by atoms with Gasteiger partial charge in [-0.15, -0.1) is 0 Å². The molecule has 0 heterocycles. The van der Waals surface area contributed by atoms with E-state index in [1.165, 1.54) is 7.11 Å². The topological polar surface area (TPSA) is 104 Å². The van der Waals surface area contributed by atoms with Crippen LogP contribution in [0.25, 0.3) is 0 Å². The van der Waals surface area contributed by atoms with Crippen LogP contribution >= 0.6 is 0 Å². The maximum Gasteiger partial charge on any atom is 0.309 e. The molecule has 2 atom stereocenters. The zero-order chi connectivity index (χ0) is 13.3. The standard InChI is InChI=1S/C9H14O4.C2H6O2/c1-13-9(12)7-5-3-2-4-6(7)8(10)11;3-1-2-4/h6-7H,2-5H2,1H3,(H,10,11);3-4H,1-2H2. The van der Waals surface area contributed by atoms with Crippen molar-refractivity contribution in [1.29, 1.82) is 0 Å². The minimum absolute atomic E-state index is 0.125. The Balaban J connectivity index is 0.000000557. The smallest absolute Gasteiger partial charge is 0.309 e. The molecule has 1 aliphatic rings. The van der Waals surface area contributed by atoms with Gasteiger partial charge in [0.25, 0.3) is 0 Å². The SMILES string of the molecule is COC(=O)C1CCCCC1C(=O)O.OCCO. The summed E-state index contributed by atoms with van der Waals surface area (Å²) < 4.78 is 4.57. The number of carbonyl (C=O) groups excluding carboxylic acids is 1. The first-order valence-electron chi connectivity index (χ1n) is 5.60. The van der Waals surface area contributed by atoms with Crippen LogP contribution in [0, 0.1) is 11.8 Å². The molecule has 0 aromatic carbocycles. The first kappa shape index (κ1) is 15.9. The normalized spacial score (nSPS) is 23.2. The van der Waals surface area contributed by atoms with Crippen molar-refractivity contribution < 1.29 is 29.6 Å². The fraction of sp³-hybridized carbons (Fsp3) is 0.818. The Hall–Kier alpha value is -1.14. The zero-order valence-corrected chi connectivity index (χ0v) is 9.96. The minimum Gasteiger partial charge on any atom is -0.481 e. The van der Waals surface area contributed by atoms with Crippen molar-refractivity contribution in [3.05, 3.63) is 0 Å². The maximum atomic E-state index is 11.2. The molecule has 0 amide bonds. The second kappa shape index (κ2) is 8.95. The lowest BCUT2D eigenvalue weighted by Gasteiger charge is -2.25. The quantitative estimate of drug-likeness (QED) is 0.608. The summed E-state index contributed by atoms with van der Waals surface area (Å²) in [6.07, 6.45) is 3.05. The maximum absolute atomic E-state index is 11.2. The van der Waals surface area contributed by atoms with E-state index in [0.29, 0.717) is 12.8 Å². The van der Waals surface area contributed by atoms with Gasteiger partial charge in [-0.2, -0.15) is 0 Å². The van der Waals surface area contributed by atoms with E-state index >= 15 is 0 Å². The number of ether oxygens (including phenoxy) is 1. The number of aliphatic hydroxyl groups is 2. The molecule has 0 aromatic rings. The molecule has 1 saturated carbocycles. The molecule has 2 unspecified atom stereocenters. The highest BCUT2D eigenvalue weighted by Gasteiger charge is 2.36. The molecule has 0 aromatic heterocycles. The van der Waals surface area contributed by atoms with Crippen LogP contribution in [0.5, 0.6) is 0 Å². The number of esters is 1. The highest BCUT2D eigenvalue weighted by Crippen LogP contribution is 2.30. The minimum atomic E-state index is -0.880. The molecule has 1 aliphatic carbocycles. The van der Waals surface area contributed by atoms with Crippen LogP contribution in [0.1, 0.15) is 25.7 Å². The number of hydrogen-bond donors (Lipinski definition) is 3. The van der Waals surface area contributed by atoms with Crippen molar-refractivity contribution in [2.45, 2.75) is 25.7 Å². The second-order valence-electron chi connectivity index (χ2n) is 3.81. The molecule has 1 rings (SSSR count). The number of carbonyl (C=O) groups is 2. The summed E-state index contributed by atoms with van der Waals surface area (Å²) in [5.74, 6) is -2.24. The summed E-state index contributed by atoms with van der Waals surface area (Å²) in [5, 5.41) is 24.1. The fourth-order valence-corrected chi connectivity index (χ4v) is 1.86. The molecule has 3 N–H and O–H groups in total. The number of methoxy groups -OCH3 is 1. The summed E-state index contributed by atoms with van der Waals surface area (Å²) in [7, 11) is 1.30. The van der Waals surface area contributed by atoms with E-state index in [0.717, 1.165) is 12.8 Å². The molecule has 0 bridgehead atoms. The summed E-state index contributed by atoms with van der Waals surface area (Å²) in [6, 6.07) is 0. The average molecular weight is 248 g/mol. The van der Waals surface area contributed by atoms with Gasteiger partial charge in [-0.3, -0.25) is 9.59 Å². The van der Waals surface area contributed by atoms with Crippen molar-refractivity contribution in [2.24, 2.45) is 11.8 Å². The number of aliphatic carboxylic acids is 1. The van der Waals surface area contributed by atoms with E-state index in [4.69, 9.17) is 15.3 Å². The average Bonchev–Trinajstić information content (AvgIpc) is 2.38. The number of rotatable bonds is 3. The molecule has 100 valence electrons. The molecule has 6 nitrogen and oxygen atoms in total. The second-order valence-corrected chi connectivity index (χ2v) is 3.81. The Morgan fingerprint density at radius 3 is 1.94 bits per heavy atom. The van der Waals surface area contributed by atoms with Crippen LogP contribution in [0.15, 0.2) is 0 Å². The van der Waals surface area contributed by atoms with Gasteiger partial charge in [-0.05, 0) is 12.8 Å². The first-order chi connectivity index (χ1) is 8.08. The van der Waals surface area contributed by atoms with Crippen molar-refractivity contribution in [3.8, 4) is 0 Å². The summed E-state index contributed by atoms with van der Waals surface area (Å²) in [6.45, 7) is -0.250. The fourth-order valence-electron chi connectivity index (χ4n) is 1.86. The third-order valence-corrected chi connectivity index (χ3v) is 2.69. The zero-order valence-electron chi connectivity index (χ0n) is 9.96. The van der Waals surface area contributed by atoms with E-state index < -0.39 is 17.8 Å². The summed E-state index contributed by atoms with van der Waals surface area (Å²) in [5.41, 5.74) is 0. The number of carboxylic acids is 1. The van der Waals surface area contributed by atoms with Crippen LogP contribution < -0.4 is 0 Å². The van der Waals surface area contributed by atoms with Gasteiger partial charge in [-0.1, -0.05) is 12.8 Å². The molecule has 0 spiro atoms. The van der Waals surface area contributed by atoms with E-state index in [9.17, 15) is 9.59 Å². The third-order valence-electron chi connectivity index (χ3n) is 2.69. The molecular weight excluding hydrogens is 228 g/mol.